The summed E-state index contributed by atoms with van der Waals surface area (Å²) >= 11 is 1.52. The van der Waals surface area contributed by atoms with E-state index in [0.29, 0.717) is 17.8 Å². The van der Waals surface area contributed by atoms with Crippen LogP contribution in [0.15, 0.2) is 29.6 Å². The van der Waals surface area contributed by atoms with Crippen LogP contribution in [-0.2, 0) is 0 Å². The number of carbonyl (C=O) groups is 1. The number of nitrogens with one attached hydrogen (secondary N) is 1. The predicted octanol–water partition coefficient (Wildman–Crippen LogP) is 3.99. The Hall–Kier alpha value is -1.63. The third kappa shape index (κ3) is 4.62. The number of carbonyl (C=O) groups excluding carboxylic acids is 1. The van der Waals surface area contributed by atoms with Gasteiger partial charge in [0, 0.05) is 36.1 Å². The zero-order valence-electron chi connectivity index (χ0n) is 15.7. The van der Waals surface area contributed by atoms with Crippen molar-refractivity contribution in [2.45, 2.75) is 51.3 Å². The van der Waals surface area contributed by atoms with Gasteiger partial charge in [-0.05, 0) is 57.4 Å². The highest BCUT2D eigenvalue weighted by atomic mass is 35.5. The van der Waals surface area contributed by atoms with Crippen LogP contribution in [-0.4, -0.2) is 47.1 Å². The summed E-state index contributed by atoms with van der Waals surface area (Å²) in [5, 5.41) is 6.37. The Labute approximate surface area is 170 Å². The fourth-order valence-electron chi connectivity index (χ4n) is 3.74. The van der Waals surface area contributed by atoms with Crippen molar-refractivity contribution in [1.82, 2.24) is 15.2 Å². The van der Waals surface area contributed by atoms with E-state index in [1.807, 2.05) is 48.4 Å². The molecule has 1 amide bonds. The van der Waals surface area contributed by atoms with Gasteiger partial charge in [-0.1, -0.05) is 0 Å². The van der Waals surface area contributed by atoms with Crippen molar-refractivity contribution in [3.05, 3.63) is 35.3 Å². The second-order valence-corrected chi connectivity index (χ2v) is 8.26. The van der Waals surface area contributed by atoms with Gasteiger partial charge in [0.15, 0.2) is 0 Å². The molecule has 3 heterocycles. The van der Waals surface area contributed by atoms with Gasteiger partial charge in [0.05, 0.1) is 6.10 Å². The highest BCUT2D eigenvalue weighted by Gasteiger charge is 2.32. The van der Waals surface area contributed by atoms with Gasteiger partial charge >= 0.3 is 0 Å². The topological polar surface area (TPSA) is 54.5 Å². The lowest BCUT2D eigenvalue weighted by molar-refractivity contribution is 0.0743. The molecule has 7 heteroatoms. The van der Waals surface area contributed by atoms with Crippen molar-refractivity contribution in [2.75, 3.05) is 13.1 Å². The second kappa shape index (κ2) is 8.59. The van der Waals surface area contributed by atoms with Crippen molar-refractivity contribution in [1.29, 1.82) is 0 Å². The lowest BCUT2D eigenvalue weighted by Crippen LogP contribution is -2.39. The monoisotopic (exact) mass is 407 g/mol. The number of hydrogen-bond donors (Lipinski definition) is 1. The number of thiazole rings is 1. The summed E-state index contributed by atoms with van der Waals surface area (Å²) in [5.41, 5.74) is 1.58. The molecule has 2 saturated heterocycles. The molecule has 2 unspecified atom stereocenters. The molecule has 0 radical (unpaired) electrons. The molecular weight excluding hydrogens is 382 g/mol. The number of aromatic nitrogens is 1. The molecule has 27 heavy (non-hydrogen) atoms. The Kier molecular flexibility index (Phi) is 6.40. The van der Waals surface area contributed by atoms with Crippen molar-refractivity contribution in [2.24, 2.45) is 0 Å². The summed E-state index contributed by atoms with van der Waals surface area (Å²) in [7, 11) is 0. The van der Waals surface area contributed by atoms with Crippen molar-refractivity contribution in [3.63, 3.8) is 0 Å². The number of likely N-dealkylation sites (tertiary alicyclic amines) is 1. The van der Waals surface area contributed by atoms with Crippen LogP contribution < -0.4 is 10.1 Å². The number of nitrogens with zero attached hydrogens (tertiary/aromatic N) is 2. The van der Waals surface area contributed by atoms with Crippen molar-refractivity contribution < 1.29 is 9.53 Å². The quantitative estimate of drug-likeness (QED) is 0.832. The van der Waals surface area contributed by atoms with Gasteiger partial charge in [-0.2, -0.15) is 0 Å². The van der Waals surface area contributed by atoms with E-state index in [1.165, 1.54) is 24.2 Å². The summed E-state index contributed by atoms with van der Waals surface area (Å²) in [5.74, 6) is 0.908. The molecule has 1 N–H and O–H groups in total. The van der Waals surface area contributed by atoms with Gasteiger partial charge in [-0.25, -0.2) is 4.98 Å². The third-order valence-corrected chi connectivity index (χ3v) is 5.90. The fourth-order valence-corrected chi connectivity index (χ4v) is 4.54. The minimum atomic E-state index is 0. The molecule has 146 valence electrons. The summed E-state index contributed by atoms with van der Waals surface area (Å²) < 4.78 is 5.68. The average Bonchev–Trinajstić information content (AvgIpc) is 3.21. The Morgan fingerprint density at radius 2 is 1.96 bits per heavy atom. The number of ether oxygens (including phenoxy) is 1. The predicted molar refractivity (Wildman–Crippen MR) is 111 cm³/mol. The van der Waals surface area contributed by atoms with Crippen LogP contribution in [0, 0.1) is 0 Å². The molecule has 0 spiro atoms. The van der Waals surface area contributed by atoms with Gasteiger partial charge in [0.25, 0.3) is 5.91 Å². The van der Waals surface area contributed by atoms with Crippen LogP contribution in [0.4, 0.5) is 0 Å². The van der Waals surface area contributed by atoms with Crippen LogP contribution in [0.3, 0.4) is 0 Å². The first-order valence-corrected chi connectivity index (χ1v) is 10.2. The molecule has 0 saturated carbocycles. The maximum atomic E-state index is 12.9. The lowest BCUT2D eigenvalue weighted by Gasteiger charge is -2.23. The Morgan fingerprint density at radius 1 is 1.22 bits per heavy atom. The maximum Gasteiger partial charge on any atom is 0.273 e. The zero-order chi connectivity index (χ0) is 18.1. The molecule has 2 atom stereocenters. The van der Waals surface area contributed by atoms with Crippen LogP contribution >= 0.6 is 23.7 Å². The number of fused-ring (bicyclic) bond motifs is 2. The first kappa shape index (κ1) is 20.1. The highest BCUT2D eigenvalue weighted by Crippen LogP contribution is 2.27. The summed E-state index contributed by atoms with van der Waals surface area (Å²) in [4.78, 5) is 19.4. The van der Waals surface area contributed by atoms with Crippen molar-refractivity contribution in [3.8, 4) is 16.3 Å². The van der Waals surface area contributed by atoms with Crippen molar-refractivity contribution >= 4 is 29.7 Å². The number of rotatable bonds is 4. The van der Waals surface area contributed by atoms with Gasteiger partial charge in [-0.3, -0.25) is 4.79 Å². The molecule has 0 aliphatic carbocycles. The number of hydrogen-bond acceptors (Lipinski definition) is 5. The third-order valence-electron chi connectivity index (χ3n) is 5.01. The van der Waals surface area contributed by atoms with E-state index in [2.05, 4.69) is 10.3 Å². The SMILES string of the molecule is CC(C)Oc1ccc(-c2nc(C(=O)N3CCC4CCC(C3)N4)cs2)cc1.Cl. The molecular formula is C20H26ClN3O2S. The minimum Gasteiger partial charge on any atom is -0.491 e. The van der Waals surface area contributed by atoms with E-state index >= 15 is 0 Å². The number of amides is 1. The molecule has 2 aliphatic rings. The van der Waals surface area contributed by atoms with E-state index in [4.69, 9.17) is 4.74 Å². The van der Waals surface area contributed by atoms with Gasteiger partial charge in [0.2, 0.25) is 0 Å². The highest BCUT2D eigenvalue weighted by molar-refractivity contribution is 7.13. The standard InChI is InChI=1S/C20H25N3O2S.ClH/c1-13(2)25-17-7-3-14(4-8-17)19-22-18(12-26-19)20(24)23-10-9-15-5-6-16(11-23)21-15;/h3-4,7-8,12-13,15-16,21H,5-6,9-11H2,1-2H3;1H. The minimum absolute atomic E-state index is 0. The summed E-state index contributed by atoms with van der Waals surface area (Å²) in [6, 6.07) is 8.93. The fraction of sp³-hybridized carbons (Fsp3) is 0.500. The first-order chi connectivity index (χ1) is 12.6. The van der Waals surface area contributed by atoms with Gasteiger partial charge in [-0.15, -0.1) is 23.7 Å². The van der Waals surface area contributed by atoms with E-state index in [1.54, 1.807) is 0 Å². The van der Waals surface area contributed by atoms with E-state index in [9.17, 15) is 4.79 Å². The largest absolute Gasteiger partial charge is 0.491 e. The van der Waals surface area contributed by atoms with Gasteiger partial charge in [0.1, 0.15) is 16.5 Å². The maximum absolute atomic E-state index is 12.9. The lowest BCUT2D eigenvalue weighted by atomic mass is 10.1. The number of halogens is 1. The summed E-state index contributed by atoms with van der Waals surface area (Å²) in [6.45, 7) is 5.64. The first-order valence-electron chi connectivity index (χ1n) is 9.36. The molecule has 2 aliphatic heterocycles. The smallest absolute Gasteiger partial charge is 0.273 e. The zero-order valence-corrected chi connectivity index (χ0v) is 17.3. The average molecular weight is 408 g/mol. The van der Waals surface area contributed by atoms with Gasteiger partial charge < -0.3 is 15.0 Å². The molecule has 1 aromatic carbocycles. The van der Waals surface area contributed by atoms with E-state index < -0.39 is 0 Å². The summed E-state index contributed by atoms with van der Waals surface area (Å²) in [6.07, 6.45) is 3.60. The van der Waals surface area contributed by atoms with E-state index in [-0.39, 0.29) is 24.4 Å². The van der Waals surface area contributed by atoms with Crippen LogP contribution in [0.2, 0.25) is 0 Å². The Balaban J connectivity index is 0.00000210. The Bertz CT molecular complexity index is 778. The number of benzene rings is 1. The molecule has 4 rings (SSSR count). The second-order valence-electron chi connectivity index (χ2n) is 7.41. The molecule has 2 fully saturated rings. The van der Waals surface area contributed by atoms with Crippen LogP contribution in [0.1, 0.15) is 43.6 Å². The van der Waals surface area contributed by atoms with Crippen LogP contribution in [0.5, 0.6) is 5.75 Å². The molecule has 5 nitrogen and oxygen atoms in total. The Morgan fingerprint density at radius 3 is 2.70 bits per heavy atom. The van der Waals surface area contributed by atoms with Crippen LogP contribution in [0.25, 0.3) is 10.6 Å². The molecule has 2 bridgehead atoms. The van der Waals surface area contributed by atoms with E-state index in [0.717, 1.165) is 35.8 Å². The normalized spacial score (nSPS) is 21.7. The molecule has 1 aromatic heterocycles. The molecule has 2 aromatic rings.